The summed E-state index contributed by atoms with van der Waals surface area (Å²) in [5.74, 6) is 0.786. The third-order valence-electron chi connectivity index (χ3n) is 2.34. The quantitative estimate of drug-likeness (QED) is 0.755. The molecule has 0 aliphatic rings. The van der Waals surface area contributed by atoms with E-state index in [0.717, 1.165) is 0 Å². The average molecular weight is 231 g/mol. The number of nitrogens with two attached hydrogens (primary N) is 1. The number of hydrogen-bond donors (Lipinski definition) is 2. The molecule has 0 spiro atoms. The predicted molar refractivity (Wildman–Crippen MR) is 66.7 cm³/mol. The van der Waals surface area contributed by atoms with Gasteiger partial charge in [-0.1, -0.05) is 12.2 Å². The molecule has 0 saturated heterocycles. The van der Waals surface area contributed by atoms with E-state index in [1.54, 1.807) is 12.2 Å². The number of anilines is 1. The Morgan fingerprint density at radius 3 is 2.76 bits per heavy atom. The topological polar surface area (TPSA) is 89.6 Å². The van der Waals surface area contributed by atoms with Crippen molar-refractivity contribution in [3.05, 3.63) is 41.5 Å². The van der Waals surface area contributed by atoms with Crippen LogP contribution in [0.5, 0.6) is 0 Å². The molecule has 6 nitrogen and oxygen atoms in total. The number of imidazole rings is 1. The molecule has 0 aliphatic heterocycles. The minimum Gasteiger partial charge on any atom is -0.369 e. The fourth-order valence-corrected chi connectivity index (χ4v) is 1.59. The van der Waals surface area contributed by atoms with Crippen LogP contribution in [0.1, 0.15) is 5.82 Å². The molecular weight excluding hydrogens is 218 g/mol. The summed E-state index contributed by atoms with van der Waals surface area (Å²) < 4.78 is 1.34. The molecule has 2 rings (SSSR count). The van der Waals surface area contributed by atoms with Crippen LogP contribution in [0.3, 0.4) is 0 Å². The van der Waals surface area contributed by atoms with E-state index in [4.69, 9.17) is 5.73 Å². The normalized spacial score (nSPS) is 10.6. The van der Waals surface area contributed by atoms with Crippen LogP contribution in [-0.4, -0.2) is 19.5 Å². The molecular formula is C11H13N5O. The zero-order chi connectivity index (χ0) is 12.4. The van der Waals surface area contributed by atoms with Crippen molar-refractivity contribution in [1.82, 2.24) is 19.5 Å². The number of hydrogen-bond acceptors (Lipinski definition) is 4. The fraction of sp³-hybridized carbons (Fsp3) is 0.182. The Hall–Kier alpha value is -2.37. The number of nitrogens with one attached hydrogen (secondary N) is 1. The van der Waals surface area contributed by atoms with Gasteiger partial charge >= 0.3 is 0 Å². The van der Waals surface area contributed by atoms with Crippen LogP contribution >= 0.6 is 0 Å². The molecule has 2 aromatic heterocycles. The molecule has 0 amide bonds. The number of aromatic amines is 1. The average Bonchev–Trinajstić information content (AvgIpc) is 2.67. The maximum atomic E-state index is 12.1. The molecule has 0 bridgehead atoms. The van der Waals surface area contributed by atoms with Crippen molar-refractivity contribution < 1.29 is 0 Å². The lowest BCUT2D eigenvalue weighted by atomic mass is 10.4. The van der Waals surface area contributed by atoms with Crippen molar-refractivity contribution in [3.63, 3.8) is 0 Å². The molecule has 0 saturated carbocycles. The Labute approximate surface area is 97.5 Å². The van der Waals surface area contributed by atoms with Crippen molar-refractivity contribution in [1.29, 1.82) is 0 Å². The molecule has 17 heavy (non-hydrogen) atoms. The molecule has 0 aliphatic carbocycles. The minimum absolute atomic E-state index is 0.138. The number of nitrogens with zero attached hydrogens (tertiary/aromatic N) is 3. The second-order valence-corrected chi connectivity index (χ2v) is 3.55. The summed E-state index contributed by atoms with van der Waals surface area (Å²) in [7, 11) is 0. The number of H-pyrrole nitrogens is 1. The summed E-state index contributed by atoms with van der Waals surface area (Å²) in [6.45, 7) is 7.51. The third kappa shape index (κ3) is 1.84. The van der Waals surface area contributed by atoms with Gasteiger partial charge in [-0.05, 0) is 0 Å². The van der Waals surface area contributed by atoms with Gasteiger partial charge in [-0.2, -0.15) is 4.98 Å². The summed E-state index contributed by atoms with van der Waals surface area (Å²) >= 11 is 0. The van der Waals surface area contributed by atoms with Crippen molar-refractivity contribution in [2.24, 2.45) is 0 Å². The van der Waals surface area contributed by atoms with E-state index in [9.17, 15) is 4.79 Å². The van der Waals surface area contributed by atoms with Crippen LogP contribution in [0.15, 0.2) is 30.1 Å². The second kappa shape index (κ2) is 4.25. The highest BCUT2D eigenvalue weighted by atomic mass is 16.1. The number of allylic oxidation sites excluding steroid dienone is 2. The molecule has 3 N–H and O–H groups in total. The van der Waals surface area contributed by atoms with E-state index in [1.807, 2.05) is 0 Å². The number of rotatable bonds is 4. The van der Waals surface area contributed by atoms with E-state index in [2.05, 4.69) is 28.1 Å². The summed E-state index contributed by atoms with van der Waals surface area (Å²) in [5, 5.41) is 0. The van der Waals surface area contributed by atoms with Gasteiger partial charge in [0.1, 0.15) is 5.82 Å². The van der Waals surface area contributed by atoms with Gasteiger partial charge in [0.15, 0.2) is 11.2 Å². The first-order chi connectivity index (χ1) is 8.17. The van der Waals surface area contributed by atoms with Crippen LogP contribution in [0, 0.1) is 0 Å². The number of aromatic nitrogens is 4. The molecule has 2 heterocycles. The molecule has 0 radical (unpaired) electrons. The lowest BCUT2D eigenvalue weighted by Crippen LogP contribution is -2.24. The summed E-state index contributed by atoms with van der Waals surface area (Å²) in [6, 6.07) is 0. The van der Waals surface area contributed by atoms with Crippen LogP contribution in [0.25, 0.3) is 11.2 Å². The van der Waals surface area contributed by atoms with Gasteiger partial charge in [0.2, 0.25) is 5.95 Å². The number of nitrogen functional groups attached to an aromatic ring is 1. The summed E-state index contributed by atoms with van der Waals surface area (Å²) in [4.78, 5) is 23.2. The van der Waals surface area contributed by atoms with Crippen LogP contribution in [-0.2, 0) is 13.0 Å². The SMILES string of the molecule is C=CCc1nc2nc(N)n(CC=C)c(=O)c2[nH]1. The lowest BCUT2D eigenvalue weighted by molar-refractivity contribution is 0.782. The molecule has 0 aromatic carbocycles. The van der Waals surface area contributed by atoms with Gasteiger partial charge in [-0.25, -0.2) is 4.98 Å². The zero-order valence-corrected chi connectivity index (χ0v) is 9.31. The number of fused-ring (bicyclic) bond motifs is 1. The van der Waals surface area contributed by atoms with Gasteiger partial charge in [-0.3, -0.25) is 9.36 Å². The molecule has 0 atom stereocenters. The van der Waals surface area contributed by atoms with E-state index in [1.165, 1.54) is 4.57 Å². The highest BCUT2D eigenvalue weighted by Gasteiger charge is 2.11. The van der Waals surface area contributed by atoms with Crippen molar-refractivity contribution in [2.75, 3.05) is 5.73 Å². The highest BCUT2D eigenvalue weighted by molar-refractivity contribution is 5.70. The summed E-state index contributed by atoms with van der Waals surface area (Å²) in [6.07, 6.45) is 3.84. The first-order valence-corrected chi connectivity index (χ1v) is 5.14. The van der Waals surface area contributed by atoms with Crippen molar-refractivity contribution in [2.45, 2.75) is 13.0 Å². The molecule has 6 heteroatoms. The Balaban J connectivity index is 2.69. The van der Waals surface area contributed by atoms with E-state index >= 15 is 0 Å². The van der Waals surface area contributed by atoms with Gasteiger partial charge in [0.05, 0.1) is 0 Å². The molecule has 2 aromatic rings. The minimum atomic E-state index is -0.241. The Morgan fingerprint density at radius 2 is 2.12 bits per heavy atom. The standard InChI is InChI=1S/C11H13N5O/c1-3-5-7-13-8-9(14-7)15-11(12)16(6-4-2)10(8)17/h3-4H,1-2,5-6H2,(H2,12,15)(H,13,14). The Morgan fingerprint density at radius 1 is 1.35 bits per heavy atom. The maximum Gasteiger partial charge on any atom is 0.281 e. The fourth-order valence-electron chi connectivity index (χ4n) is 1.59. The Kier molecular flexibility index (Phi) is 2.78. The first kappa shape index (κ1) is 11.1. The van der Waals surface area contributed by atoms with Gasteiger partial charge < -0.3 is 10.7 Å². The van der Waals surface area contributed by atoms with Gasteiger partial charge in [-0.15, -0.1) is 13.2 Å². The smallest absolute Gasteiger partial charge is 0.281 e. The molecule has 88 valence electrons. The molecule has 0 unspecified atom stereocenters. The van der Waals surface area contributed by atoms with Gasteiger partial charge in [0, 0.05) is 13.0 Å². The highest BCUT2D eigenvalue weighted by Crippen LogP contribution is 2.07. The van der Waals surface area contributed by atoms with Gasteiger partial charge in [0.25, 0.3) is 5.56 Å². The van der Waals surface area contributed by atoms with E-state index in [0.29, 0.717) is 30.0 Å². The van der Waals surface area contributed by atoms with E-state index < -0.39 is 0 Å². The predicted octanol–water partition coefficient (Wildman–Crippen LogP) is 0.616. The van der Waals surface area contributed by atoms with Crippen molar-refractivity contribution in [3.8, 4) is 0 Å². The Bertz CT molecular complexity index is 637. The summed E-state index contributed by atoms with van der Waals surface area (Å²) in [5.41, 5.74) is 6.14. The van der Waals surface area contributed by atoms with Crippen LogP contribution < -0.4 is 11.3 Å². The lowest BCUT2D eigenvalue weighted by Gasteiger charge is -2.04. The maximum absolute atomic E-state index is 12.1. The first-order valence-electron chi connectivity index (χ1n) is 5.14. The van der Waals surface area contributed by atoms with Crippen molar-refractivity contribution >= 4 is 17.1 Å². The largest absolute Gasteiger partial charge is 0.369 e. The monoisotopic (exact) mass is 231 g/mol. The van der Waals surface area contributed by atoms with E-state index in [-0.39, 0.29) is 11.5 Å². The zero-order valence-electron chi connectivity index (χ0n) is 9.31. The third-order valence-corrected chi connectivity index (χ3v) is 2.34. The second-order valence-electron chi connectivity index (χ2n) is 3.55. The molecule has 0 fully saturated rings. The van der Waals surface area contributed by atoms with Crippen LogP contribution in [0.4, 0.5) is 5.95 Å². The van der Waals surface area contributed by atoms with Crippen LogP contribution in [0.2, 0.25) is 0 Å².